The van der Waals surface area contributed by atoms with Crippen LogP contribution < -0.4 is 43.0 Å². The minimum atomic E-state index is -1.84. The highest BCUT2D eigenvalue weighted by atomic mass is 16.4. The number of carboxylic acid groups (broad SMARTS) is 3. The molecular weight excluding hydrogens is 953 g/mol. The van der Waals surface area contributed by atoms with E-state index in [0.717, 1.165) is 11.8 Å². The van der Waals surface area contributed by atoms with Crippen molar-refractivity contribution in [3.05, 3.63) is 0 Å². The third-order valence-electron chi connectivity index (χ3n) is 12.4. The van der Waals surface area contributed by atoms with E-state index in [2.05, 4.69) is 31.9 Å². The monoisotopic (exact) mass is 1030 g/mol. The zero-order chi connectivity index (χ0) is 54.7. The summed E-state index contributed by atoms with van der Waals surface area (Å²) in [5.74, 6) is -14.0. The van der Waals surface area contributed by atoms with Gasteiger partial charge in [0.05, 0.1) is 25.7 Å². The van der Waals surface area contributed by atoms with Crippen molar-refractivity contribution >= 4 is 71.1 Å². The van der Waals surface area contributed by atoms with Crippen molar-refractivity contribution in [2.24, 2.45) is 23.5 Å². The number of aliphatic carboxylic acids is 3. The topological polar surface area (TPSA) is 423 Å². The summed E-state index contributed by atoms with van der Waals surface area (Å²) >= 11 is 0. The smallest absolute Gasteiger partial charge is 0.328 e. The number of carbonyl (C=O) groups is 12. The number of aliphatic hydroxyl groups is 2. The molecule has 0 aromatic rings. The maximum atomic E-state index is 14.1. The number of nitrogens with two attached hydrogens (primary N) is 1. The number of carbonyl (C=O) groups excluding carboxylic acids is 9. The second kappa shape index (κ2) is 29.1. The Morgan fingerprint density at radius 3 is 1.57 bits per heavy atom. The number of hydrogen-bond acceptors (Lipinski definition) is 15. The van der Waals surface area contributed by atoms with Crippen LogP contribution >= 0.6 is 0 Å². The lowest BCUT2D eigenvalue weighted by atomic mass is 9.96. The predicted octanol–water partition coefficient (Wildman–Crippen LogP) is -4.13. The molecule has 0 saturated carbocycles. The third-order valence-corrected chi connectivity index (χ3v) is 12.4. The molecule has 27 nitrogen and oxygen atoms in total. The molecule has 0 aromatic heterocycles. The molecule has 0 unspecified atom stereocenters. The van der Waals surface area contributed by atoms with Crippen molar-refractivity contribution in [2.45, 2.75) is 167 Å². The SMILES string of the molecule is CC[C@H](C)[C@H](NC(=O)[C@H](CCC(=O)O)NC(=O)[C@@H]1CCCN1C(=O)CN)C(=O)N[C@@H](CC(C)C)C(=O)N[C@@H](CC(=O)O)C(=O)N[C@H](C(=O)N1CCC[C@H]1C(=O)N[C@@H](CO)C(=O)N[C@H](C(=O)O)[C@@H](C)O)C(C)C. The van der Waals surface area contributed by atoms with Crippen LogP contribution in [0, 0.1) is 17.8 Å². The molecule has 0 spiro atoms. The Hall–Kier alpha value is -6.48. The number of rotatable bonds is 29. The number of amides is 9. The highest BCUT2D eigenvalue weighted by Crippen LogP contribution is 2.22. The second-order valence-electron chi connectivity index (χ2n) is 18.9. The summed E-state index contributed by atoms with van der Waals surface area (Å²) in [6.45, 7) is 9.83. The lowest BCUT2D eigenvalue weighted by molar-refractivity contribution is -0.146. The summed E-state index contributed by atoms with van der Waals surface area (Å²) in [7, 11) is 0. The fourth-order valence-electron chi connectivity index (χ4n) is 8.19. The first-order chi connectivity index (χ1) is 33.7. The van der Waals surface area contributed by atoms with Gasteiger partial charge in [-0.25, -0.2) is 4.79 Å². The summed E-state index contributed by atoms with van der Waals surface area (Å²) in [6.07, 6.45) is -2.16. The van der Waals surface area contributed by atoms with Gasteiger partial charge in [0.15, 0.2) is 6.04 Å². The molecule has 0 radical (unpaired) electrons. The van der Waals surface area contributed by atoms with E-state index in [-0.39, 0.29) is 51.2 Å². The molecule has 27 heteroatoms. The first-order valence-corrected chi connectivity index (χ1v) is 24.1. The Kier molecular flexibility index (Phi) is 24.9. The molecule has 9 amide bonds. The van der Waals surface area contributed by atoms with E-state index in [1.165, 1.54) is 4.90 Å². The summed E-state index contributed by atoms with van der Waals surface area (Å²) in [5, 5.41) is 65.0. The van der Waals surface area contributed by atoms with E-state index in [1.807, 2.05) is 5.32 Å². The molecule has 11 atom stereocenters. The van der Waals surface area contributed by atoms with Gasteiger partial charge in [0.1, 0.15) is 48.3 Å². The van der Waals surface area contributed by atoms with Crippen molar-refractivity contribution in [3.63, 3.8) is 0 Å². The van der Waals surface area contributed by atoms with Crippen LogP contribution in [-0.4, -0.2) is 193 Å². The maximum absolute atomic E-state index is 14.1. The van der Waals surface area contributed by atoms with Crippen molar-refractivity contribution < 1.29 is 83.1 Å². The fourth-order valence-corrected chi connectivity index (χ4v) is 8.19. The van der Waals surface area contributed by atoms with E-state index in [0.29, 0.717) is 12.8 Å². The van der Waals surface area contributed by atoms with Crippen LogP contribution in [0.2, 0.25) is 0 Å². The number of aliphatic hydroxyl groups excluding tert-OH is 2. The van der Waals surface area contributed by atoms with Gasteiger partial charge in [0.25, 0.3) is 0 Å². The van der Waals surface area contributed by atoms with Gasteiger partial charge >= 0.3 is 17.9 Å². The molecule has 14 N–H and O–H groups in total. The van der Waals surface area contributed by atoms with E-state index in [4.69, 9.17) is 5.73 Å². The fraction of sp³-hybridized carbons (Fsp3) is 0.733. The Balaban J connectivity index is 2.33. The molecule has 406 valence electrons. The summed E-state index contributed by atoms with van der Waals surface area (Å²) in [6, 6.07) is -13.2. The summed E-state index contributed by atoms with van der Waals surface area (Å²) in [4.78, 5) is 159. The number of likely N-dealkylation sites (tertiary alicyclic amines) is 2. The van der Waals surface area contributed by atoms with Crippen LogP contribution in [0.1, 0.15) is 106 Å². The molecule has 2 fully saturated rings. The predicted molar refractivity (Wildman–Crippen MR) is 251 cm³/mol. The van der Waals surface area contributed by atoms with Crippen molar-refractivity contribution in [1.82, 2.24) is 47.0 Å². The van der Waals surface area contributed by atoms with E-state index >= 15 is 0 Å². The minimum absolute atomic E-state index is 0.00663. The highest BCUT2D eigenvalue weighted by molar-refractivity contribution is 5.99. The van der Waals surface area contributed by atoms with Crippen LogP contribution in [0.25, 0.3) is 0 Å². The number of carboxylic acids is 3. The van der Waals surface area contributed by atoms with Gasteiger partial charge in [-0.05, 0) is 63.2 Å². The second-order valence-corrected chi connectivity index (χ2v) is 18.9. The molecule has 2 aliphatic heterocycles. The van der Waals surface area contributed by atoms with Gasteiger partial charge < -0.3 is 78.3 Å². The lowest BCUT2D eigenvalue weighted by Gasteiger charge is -2.32. The van der Waals surface area contributed by atoms with Gasteiger partial charge in [0.2, 0.25) is 53.2 Å². The third kappa shape index (κ3) is 18.3. The van der Waals surface area contributed by atoms with Crippen LogP contribution in [0.5, 0.6) is 0 Å². The molecular formula is C45H74N10O17. The summed E-state index contributed by atoms with van der Waals surface area (Å²) in [5.41, 5.74) is 5.50. The molecule has 2 aliphatic rings. The van der Waals surface area contributed by atoms with Crippen LogP contribution in [0.15, 0.2) is 0 Å². The standard InChI is InChI=1S/C45H74N10O17/c1-8-23(6)35(52-37(63)25(13-14-32(59)60)47-41(67)29-11-9-15-54(29)31(58)19-46)43(69)49-26(17-21(2)3)38(64)48-27(18-33(61)62)39(65)51-34(22(4)5)44(70)55-16-10-12-30(55)42(68)50-28(20-56)40(66)53-36(24(7)57)45(71)72/h21-30,34-36,56-57H,8-20,46H2,1-7H3,(H,47,67)(H,48,64)(H,49,69)(H,50,68)(H,51,65)(H,52,63)(H,53,66)(H,59,60)(H,61,62)(H,71,72)/t23-,24+,25-,26-,27-,28-,29-,30-,34-,35-,36-/m0/s1. The van der Waals surface area contributed by atoms with Crippen LogP contribution in [-0.2, 0) is 57.5 Å². The van der Waals surface area contributed by atoms with Crippen LogP contribution in [0.4, 0.5) is 0 Å². The van der Waals surface area contributed by atoms with Gasteiger partial charge in [-0.1, -0.05) is 48.0 Å². The Bertz CT molecular complexity index is 1990. The number of hydrogen-bond donors (Lipinski definition) is 13. The van der Waals surface area contributed by atoms with Gasteiger partial charge in [-0.2, -0.15) is 0 Å². The van der Waals surface area contributed by atoms with Crippen LogP contribution in [0.3, 0.4) is 0 Å². The largest absolute Gasteiger partial charge is 0.481 e. The van der Waals surface area contributed by atoms with E-state index < -0.39 is 169 Å². The zero-order valence-corrected chi connectivity index (χ0v) is 41.8. The van der Waals surface area contributed by atoms with Gasteiger partial charge in [-0.3, -0.25) is 52.7 Å². The summed E-state index contributed by atoms with van der Waals surface area (Å²) < 4.78 is 0. The number of nitrogens with one attached hydrogen (secondary N) is 7. The Morgan fingerprint density at radius 1 is 0.597 bits per heavy atom. The average Bonchev–Trinajstić information content (AvgIpc) is 4.01. The highest BCUT2D eigenvalue weighted by Gasteiger charge is 2.42. The quantitative estimate of drug-likeness (QED) is 0.0338. The first kappa shape index (κ1) is 61.6. The van der Waals surface area contributed by atoms with Gasteiger partial charge in [-0.15, -0.1) is 0 Å². The molecule has 2 saturated heterocycles. The van der Waals surface area contributed by atoms with E-state index in [1.54, 1.807) is 41.5 Å². The normalized spacial score (nSPS) is 19.3. The molecule has 2 heterocycles. The average molecular weight is 1030 g/mol. The minimum Gasteiger partial charge on any atom is -0.481 e. The maximum Gasteiger partial charge on any atom is 0.328 e. The molecule has 0 aliphatic carbocycles. The lowest BCUT2D eigenvalue weighted by Crippen LogP contribution is -2.62. The van der Waals surface area contributed by atoms with Gasteiger partial charge in [0, 0.05) is 19.5 Å². The van der Waals surface area contributed by atoms with Crippen molar-refractivity contribution in [2.75, 3.05) is 26.2 Å². The Morgan fingerprint density at radius 2 is 1.08 bits per heavy atom. The van der Waals surface area contributed by atoms with Crippen molar-refractivity contribution in [3.8, 4) is 0 Å². The van der Waals surface area contributed by atoms with E-state index in [9.17, 15) is 83.1 Å². The molecule has 2 rings (SSSR count). The first-order valence-electron chi connectivity index (χ1n) is 24.1. The molecule has 0 bridgehead atoms. The number of nitrogens with zero attached hydrogens (tertiary/aromatic N) is 2. The van der Waals surface area contributed by atoms with Crippen molar-refractivity contribution in [1.29, 1.82) is 0 Å². The molecule has 0 aromatic carbocycles. The Labute approximate surface area is 416 Å². The zero-order valence-electron chi connectivity index (χ0n) is 41.8. The molecule has 72 heavy (non-hydrogen) atoms.